The van der Waals surface area contributed by atoms with Gasteiger partial charge in [-0.05, 0) is 13.5 Å². The minimum Gasteiger partial charge on any atom is -0.382 e. The third-order valence-electron chi connectivity index (χ3n) is 2.14. The SMILES string of the molecule is CC.CCNC(COCCOC)COCCOCC. The average molecular weight is 279 g/mol. The van der Waals surface area contributed by atoms with Crippen molar-refractivity contribution in [3.63, 3.8) is 0 Å². The van der Waals surface area contributed by atoms with Crippen LogP contribution in [0.4, 0.5) is 0 Å². The predicted molar refractivity (Wildman–Crippen MR) is 78.8 cm³/mol. The first-order valence-corrected chi connectivity index (χ1v) is 7.30. The molecule has 0 amide bonds. The molecule has 0 bridgehead atoms. The minimum atomic E-state index is 0.235. The van der Waals surface area contributed by atoms with Crippen LogP contribution in [0.1, 0.15) is 27.7 Å². The quantitative estimate of drug-likeness (QED) is 0.520. The second kappa shape index (κ2) is 20.1. The van der Waals surface area contributed by atoms with Gasteiger partial charge in [-0.3, -0.25) is 0 Å². The number of methoxy groups -OCH3 is 1. The van der Waals surface area contributed by atoms with Gasteiger partial charge in [0.25, 0.3) is 0 Å². The highest BCUT2D eigenvalue weighted by atomic mass is 16.5. The Morgan fingerprint density at radius 2 is 1.37 bits per heavy atom. The second-order valence-corrected chi connectivity index (χ2v) is 3.59. The lowest BCUT2D eigenvalue weighted by atomic mass is 10.3. The first-order valence-electron chi connectivity index (χ1n) is 7.30. The van der Waals surface area contributed by atoms with Gasteiger partial charge in [-0.1, -0.05) is 20.8 Å². The first kappa shape index (κ1) is 21.1. The van der Waals surface area contributed by atoms with Crippen molar-refractivity contribution < 1.29 is 18.9 Å². The molecule has 0 aliphatic rings. The van der Waals surface area contributed by atoms with E-state index in [1.54, 1.807) is 7.11 Å². The molecule has 118 valence electrons. The van der Waals surface area contributed by atoms with Crippen LogP contribution in [0, 0.1) is 0 Å². The van der Waals surface area contributed by atoms with E-state index in [9.17, 15) is 0 Å². The van der Waals surface area contributed by atoms with Crippen LogP contribution < -0.4 is 5.32 Å². The smallest absolute Gasteiger partial charge is 0.0701 e. The van der Waals surface area contributed by atoms with Gasteiger partial charge in [0.05, 0.1) is 45.7 Å². The molecule has 0 aliphatic carbocycles. The molecule has 0 saturated carbocycles. The van der Waals surface area contributed by atoms with Crippen LogP contribution in [-0.4, -0.2) is 65.9 Å². The molecular weight excluding hydrogens is 246 g/mol. The molecule has 0 heterocycles. The molecule has 5 nitrogen and oxygen atoms in total. The number of hydrogen-bond acceptors (Lipinski definition) is 5. The fourth-order valence-electron chi connectivity index (χ4n) is 1.31. The Bertz CT molecular complexity index is 147. The highest BCUT2D eigenvalue weighted by molar-refractivity contribution is 4.63. The molecule has 0 radical (unpaired) electrons. The van der Waals surface area contributed by atoms with Crippen LogP contribution in [0.15, 0.2) is 0 Å². The van der Waals surface area contributed by atoms with Crippen molar-refractivity contribution >= 4 is 0 Å². The molecule has 1 N–H and O–H groups in total. The summed E-state index contributed by atoms with van der Waals surface area (Å²) < 4.78 is 21.1. The molecule has 0 aliphatic heterocycles. The van der Waals surface area contributed by atoms with Crippen LogP contribution in [0.2, 0.25) is 0 Å². The van der Waals surface area contributed by atoms with Crippen LogP contribution in [0.5, 0.6) is 0 Å². The summed E-state index contributed by atoms with van der Waals surface area (Å²) in [5.74, 6) is 0. The van der Waals surface area contributed by atoms with Gasteiger partial charge >= 0.3 is 0 Å². The van der Waals surface area contributed by atoms with Gasteiger partial charge in [0.1, 0.15) is 0 Å². The average Bonchev–Trinajstić information content (AvgIpc) is 2.45. The van der Waals surface area contributed by atoms with Crippen molar-refractivity contribution in [1.29, 1.82) is 0 Å². The van der Waals surface area contributed by atoms with E-state index in [4.69, 9.17) is 18.9 Å². The van der Waals surface area contributed by atoms with Crippen molar-refractivity contribution in [2.24, 2.45) is 0 Å². The summed E-state index contributed by atoms with van der Waals surface area (Å²) in [5.41, 5.74) is 0. The number of ether oxygens (including phenoxy) is 4. The molecular formula is C14H33NO4. The number of likely N-dealkylation sites (N-methyl/N-ethyl adjacent to an activating group) is 1. The predicted octanol–water partition coefficient (Wildman–Crippen LogP) is 1.71. The maximum absolute atomic E-state index is 5.51. The maximum atomic E-state index is 5.51. The molecule has 0 spiro atoms. The Morgan fingerprint density at radius 3 is 1.84 bits per heavy atom. The monoisotopic (exact) mass is 279 g/mol. The summed E-state index contributed by atoms with van der Waals surface area (Å²) in [4.78, 5) is 0. The van der Waals surface area contributed by atoms with E-state index < -0.39 is 0 Å². The fraction of sp³-hybridized carbons (Fsp3) is 1.00. The van der Waals surface area contributed by atoms with Crippen LogP contribution in [0.25, 0.3) is 0 Å². The van der Waals surface area contributed by atoms with E-state index in [2.05, 4.69) is 12.2 Å². The molecule has 0 aromatic carbocycles. The third-order valence-corrected chi connectivity index (χ3v) is 2.14. The van der Waals surface area contributed by atoms with E-state index >= 15 is 0 Å². The van der Waals surface area contributed by atoms with Crippen molar-refractivity contribution in [1.82, 2.24) is 5.32 Å². The Labute approximate surface area is 118 Å². The largest absolute Gasteiger partial charge is 0.382 e. The van der Waals surface area contributed by atoms with Gasteiger partial charge in [-0.2, -0.15) is 0 Å². The minimum absolute atomic E-state index is 0.235. The molecule has 19 heavy (non-hydrogen) atoms. The second-order valence-electron chi connectivity index (χ2n) is 3.59. The van der Waals surface area contributed by atoms with Crippen molar-refractivity contribution in [2.75, 3.05) is 59.9 Å². The molecule has 0 aromatic heterocycles. The van der Waals surface area contributed by atoms with Gasteiger partial charge in [-0.15, -0.1) is 0 Å². The molecule has 0 rings (SSSR count). The van der Waals surface area contributed by atoms with Gasteiger partial charge in [-0.25, -0.2) is 0 Å². The van der Waals surface area contributed by atoms with Crippen LogP contribution >= 0.6 is 0 Å². The molecule has 0 saturated heterocycles. The lowest BCUT2D eigenvalue weighted by molar-refractivity contribution is 0.0147. The summed E-state index contributed by atoms with van der Waals surface area (Å²) in [6.07, 6.45) is 0. The lowest BCUT2D eigenvalue weighted by Gasteiger charge is -2.18. The highest BCUT2D eigenvalue weighted by Gasteiger charge is 2.07. The van der Waals surface area contributed by atoms with Gasteiger partial charge in [0.15, 0.2) is 0 Å². The standard InChI is InChI=1S/C12H27NO4.C2H6/c1-4-13-12(10-16-7-6-14-3)11-17-9-8-15-5-2;1-2/h12-13H,4-11H2,1-3H3;1-2H3. The lowest BCUT2D eigenvalue weighted by Crippen LogP contribution is -2.38. The van der Waals surface area contributed by atoms with Crippen molar-refractivity contribution in [3.05, 3.63) is 0 Å². The summed E-state index contributed by atoms with van der Waals surface area (Å²) in [5, 5.41) is 3.32. The Balaban J connectivity index is 0. The highest BCUT2D eigenvalue weighted by Crippen LogP contribution is 1.90. The summed E-state index contributed by atoms with van der Waals surface area (Å²) in [7, 11) is 1.67. The normalized spacial score (nSPS) is 11.8. The molecule has 0 aromatic rings. The molecule has 1 atom stereocenters. The zero-order valence-corrected chi connectivity index (χ0v) is 13.4. The van der Waals surface area contributed by atoms with Crippen LogP contribution in [-0.2, 0) is 18.9 Å². The fourth-order valence-corrected chi connectivity index (χ4v) is 1.31. The Kier molecular flexibility index (Phi) is 22.4. The number of hydrogen-bond donors (Lipinski definition) is 1. The Morgan fingerprint density at radius 1 is 0.842 bits per heavy atom. The summed E-state index contributed by atoms with van der Waals surface area (Å²) in [6, 6.07) is 0.235. The maximum Gasteiger partial charge on any atom is 0.0701 e. The van der Waals surface area contributed by atoms with Crippen LogP contribution in [0.3, 0.4) is 0 Å². The zero-order valence-electron chi connectivity index (χ0n) is 13.4. The molecule has 5 heteroatoms. The molecule has 1 unspecified atom stereocenters. The molecule has 0 fully saturated rings. The third kappa shape index (κ3) is 17.8. The summed E-state index contributed by atoms with van der Waals surface area (Å²) >= 11 is 0. The summed E-state index contributed by atoms with van der Waals surface area (Å²) in [6.45, 7) is 13.5. The van der Waals surface area contributed by atoms with Gasteiger partial charge in [0.2, 0.25) is 0 Å². The Hall–Kier alpha value is -0.200. The van der Waals surface area contributed by atoms with E-state index in [0.717, 1.165) is 13.2 Å². The van der Waals surface area contributed by atoms with E-state index in [1.807, 2.05) is 20.8 Å². The van der Waals surface area contributed by atoms with E-state index in [-0.39, 0.29) is 6.04 Å². The zero-order chi connectivity index (χ0) is 14.8. The van der Waals surface area contributed by atoms with Gasteiger partial charge in [0, 0.05) is 13.7 Å². The van der Waals surface area contributed by atoms with E-state index in [0.29, 0.717) is 39.6 Å². The van der Waals surface area contributed by atoms with Crippen molar-refractivity contribution in [3.8, 4) is 0 Å². The van der Waals surface area contributed by atoms with Crippen molar-refractivity contribution in [2.45, 2.75) is 33.7 Å². The number of nitrogens with one attached hydrogen (secondary N) is 1. The van der Waals surface area contributed by atoms with E-state index in [1.165, 1.54) is 0 Å². The topological polar surface area (TPSA) is 49.0 Å². The van der Waals surface area contributed by atoms with Gasteiger partial charge < -0.3 is 24.3 Å². The first-order chi connectivity index (χ1) is 9.35. The number of rotatable bonds is 13.